The van der Waals surface area contributed by atoms with Gasteiger partial charge in [-0.25, -0.2) is 0 Å². The number of rotatable bonds is 10. The molecule has 0 spiro atoms. The number of nitrogens with one attached hydrogen (secondary N) is 1. The minimum Gasteiger partial charge on any atom is -0.497 e. The van der Waals surface area contributed by atoms with Crippen LogP contribution in [-0.2, 0) is 17.6 Å². The minimum atomic E-state index is -1.79. The Balaban J connectivity index is 1.65. The van der Waals surface area contributed by atoms with Gasteiger partial charge in [-0.15, -0.1) is 0 Å². The quantitative estimate of drug-likeness (QED) is 0.460. The molecule has 1 N–H and O–H groups in total. The van der Waals surface area contributed by atoms with Crippen molar-refractivity contribution in [3.8, 4) is 5.75 Å². The first-order valence-electron chi connectivity index (χ1n) is 11.0. The molecule has 0 bridgehead atoms. The van der Waals surface area contributed by atoms with Crippen molar-refractivity contribution in [3.63, 3.8) is 0 Å². The molecule has 31 heavy (non-hydrogen) atoms. The SMILES string of the molecule is COc1ccccc1[Si](C)(C)CCC(=O)NC(Cc1ccccc1)Cc1ccccc1. The Bertz CT molecular complexity index is 916. The van der Waals surface area contributed by atoms with Gasteiger partial charge in [-0.3, -0.25) is 4.79 Å². The number of hydrogen-bond acceptors (Lipinski definition) is 2. The van der Waals surface area contributed by atoms with Gasteiger partial charge in [0.05, 0.1) is 15.2 Å². The molecule has 0 radical (unpaired) electrons. The highest BCUT2D eigenvalue weighted by Gasteiger charge is 2.27. The van der Waals surface area contributed by atoms with Crippen LogP contribution in [0, 0.1) is 0 Å². The van der Waals surface area contributed by atoms with Crippen molar-refractivity contribution in [2.75, 3.05) is 7.11 Å². The fourth-order valence-electron chi connectivity index (χ4n) is 4.04. The van der Waals surface area contributed by atoms with E-state index >= 15 is 0 Å². The van der Waals surface area contributed by atoms with Crippen molar-refractivity contribution in [3.05, 3.63) is 96.1 Å². The summed E-state index contributed by atoms with van der Waals surface area (Å²) in [5.41, 5.74) is 2.49. The number of carbonyl (C=O) groups excluding carboxylic acids is 1. The highest BCUT2D eigenvalue weighted by molar-refractivity contribution is 6.90. The van der Waals surface area contributed by atoms with E-state index in [4.69, 9.17) is 4.74 Å². The summed E-state index contributed by atoms with van der Waals surface area (Å²) >= 11 is 0. The lowest BCUT2D eigenvalue weighted by Gasteiger charge is -2.25. The summed E-state index contributed by atoms with van der Waals surface area (Å²) in [5, 5.41) is 4.59. The molecule has 0 aliphatic carbocycles. The van der Waals surface area contributed by atoms with Crippen LogP contribution >= 0.6 is 0 Å². The second-order valence-electron chi connectivity index (χ2n) is 8.73. The summed E-state index contributed by atoms with van der Waals surface area (Å²) in [6.45, 7) is 4.62. The van der Waals surface area contributed by atoms with E-state index in [2.05, 4.69) is 79.1 Å². The molecule has 3 aromatic rings. The number of carbonyl (C=O) groups is 1. The van der Waals surface area contributed by atoms with Crippen molar-refractivity contribution in [2.45, 2.75) is 44.4 Å². The molecular formula is C27H33NO2Si. The van der Waals surface area contributed by atoms with E-state index in [1.54, 1.807) is 7.11 Å². The van der Waals surface area contributed by atoms with E-state index in [0.29, 0.717) is 6.42 Å². The van der Waals surface area contributed by atoms with Gasteiger partial charge in [0.25, 0.3) is 0 Å². The molecule has 0 aliphatic rings. The molecule has 0 saturated heterocycles. The number of methoxy groups -OCH3 is 1. The second kappa shape index (κ2) is 11.0. The van der Waals surface area contributed by atoms with E-state index in [-0.39, 0.29) is 11.9 Å². The van der Waals surface area contributed by atoms with Gasteiger partial charge in [-0.2, -0.15) is 0 Å². The third-order valence-corrected chi connectivity index (χ3v) is 9.20. The van der Waals surface area contributed by atoms with Gasteiger partial charge in [0.1, 0.15) is 5.75 Å². The van der Waals surface area contributed by atoms with E-state index in [1.807, 2.05) is 24.3 Å². The van der Waals surface area contributed by atoms with Gasteiger partial charge in [-0.05, 0) is 41.3 Å². The summed E-state index contributed by atoms with van der Waals surface area (Å²) in [6.07, 6.45) is 2.20. The third-order valence-electron chi connectivity index (χ3n) is 5.83. The van der Waals surface area contributed by atoms with Crippen molar-refractivity contribution < 1.29 is 9.53 Å². The van der Waals surface area contributed by atoms with Crippen molar-refractivity contribution in [1.29, 1.82) is 0 Å². The molecule has 162 valence electrons. The highest BCUT2D eigenvalue weighted by Crippen LogP contribution is 2.19. The largest absolute Gasteiger partial charge is 0.497 e. The smallest absolute Gasteiger partial charge is 0.219 e. The summed E-state index contributed by atoms with van der Waals surface area (Å²) in [6, 6.07) is 30.0. The predicted octanol–water partition coefficient (Wildman–Crippen LogP) is 4.97. The minimum absolute atomic E-state index is 0.0772. The molecule has 0 unspecified atom stereocenters. The first-order chi connectivity index (χ1) is 15.0. The topological polar surface area (TPSA) is 38.3 Å². The maximum Gasteiger partial charge on any atom is 0.219 e. The van der Waals surface area contributed by atoms with Crippen LogP contribution in [0.25, 0.3) is 0 Å². The molecule has 0 saturated carbocycles. The van der Waals surface area contributed by atoms with Gasteiger partial charge in [0.15, 0.2) is 0 Å². The number of para-hydroxylation sites is 1. The Morgan fingerprint density at radius 3 is 1.90 bits per heavy atom. The van der Waals surface area contributed by atoms with Crippen LogP contribution in [0.3, 0.4) is 0 Å². The fraction of sp³-hybridized carbons (Fsp3) is 0.296. The van der Waals surface area contributed by atoms with Crippen LogP contribution in [0.1, 0.15) is 17.5 Å². The zero-order valence-electron chi connectivity index (χ0n) is 18.8. The maximum absolute atomic E-state index is 12.9. The molecule has 1 amide bonds. The van der Waals surface area contributed by atoms with Gasteiger partial charge >= 0.3 is 0 Å². The van der Waals surface area contributed by atoms with Crippen molar-refractivity contribution in [2.24, 2.45) is 0 Å². The molecule has 0 heterocycles. The lowest BCUT2D eigenvalue weighted by atomic mass is 9.99. The Morgan fingerprint density at radius 2 is 1.35 bits per heavy atom. The molecule has 0 aliphatic heterocycles. The molecule has 3 aromatic carbocycles. The standard InChI is InChI=1S/C27H33NO2Si/c1-30-25-16-10-11-17-26(25)31(2,3)19-18-27(29)28-24(20-22-12-6-4-7-13-22)21-23-14-8-5-9-15-23/h4-17,24H,18-21H2,1-3H3,(H,28,29). The molecule has 3 rings (SSSR count). The van der Waals surface area contributed by atoms with E-state index in [9.17, 15) is 4.79 Å². The fourth-order valence-corrected chi connectivity index (χ4v) is 6.56. The molecule has 4 heteroatoms. The highest BCUT2D eigenvalue weighted by atomic mass is 28.3. The van der Waals surface area contributed by atoms with Gasteiger partial charge < -0.3 is 10.1 Å². The molecule has 3 nitrogen and oxygen atoms in total. The van der Waals surface area contributed by atoms with E-state index in [0.717, 1.165) is 24.6 Å². The Kier molecular flexibility index (Phi) is 8.07. The summed E-state index contributed by atoms with van der Waals surface area (Å²) < 4.78 is 5.57. The zero-order chi connectivity index (χ0) is 22.1. The van der Waals surface area contributed by atoms with Crippen LogP contribution in [0.5, 0.6) is 5.75 Å². The van der Waals surface area contributed by atoms with Crippen molar-refractivity contribution in [1.82, 2.24) is 5.32 Å². The van der Waals surface area contributed by atoms with Crippen LogP contribution in [-0.4, -0.2) is 27.1 Å². The van der Waals surface area contributed by atoms with E-state index in [1.165, 1.54) is 16.3 Å². The lowest BCUT2D eigenvalue weighted by molar-refractivity contribution is -0.121. The zero-order valence-corrected chi connectivity index (χ0v) is 19.8. The Morgan fingerprint density at radius 1 is 0.839 bits per heavy atom. The molecule has 0 fully saturated rings. The van der Waals surface area contributed by atoms with Crippen LogP contribution in [0.4, 0.5) is 0 Å². The first kappa shape index (κ1) is 22.8. The Labute approximate surface area is 187 Å². The average Bonchev–Trinajstić information content (AvgIpc) is 2.79. The summed E-state index contributed by atoms with van der Waals surface area (Å²) in [5.74, 6) is 1.07. The van der Waals surface area contributed by atoms with Crippen LogP contribution < -0.4 is 15.2 Å². The summed E-state index contributed by atoms with van der Waals surface area (Å²) in [4.78, 5) is 12.9. The van der Waals surface area contributed by atoms with Gasteiger partial charge in [0.2, 0.25) is 5.91 Å². The first-order valence-corrected chi connectivity index (χ1v) is 14.2. The average molecular weight is 432 g/mol. The Hall–Kier alpha value is -2.85. The monoisotopic (exact) mass is 431 g/mol. The number of benzene rings is 3. The van der Waals surface area contributed by atoms with Gasteiger partial charge in [-0.1, -0.05) is 92.0 Å². The maximum atomic E-state index is 12.9. The van der Waals surface area contributed by atoms with E-state index < -0.39 is 8.07 Å². The van der Waals surface area contributed by atoms with Gasteiger partial charge in [0, 0.05) is 12.5 Å². The third kappa shape index (κ3) is 6.83. The van der Waals surface area contributed by atoms with Crippen LogP contribution in [0.15, 0.2) is 84.9 Å². The molecule has 0 aromatic heterocycles. The molecule has 0 atom stereocenters. The number of hydrogen-bond donors (Lipinski definition) is 1. The second-order valence-corrected chi connectivity index (χ2v) is 13.5. The lowest BCUT2D eigenvalue weighted by Crippen LogP contribution is -2.44. The summed E-state index contributed by atoms with van der Waals surface area (Å²) in [7, 11) is -0.0768. The number of ether oxygens (including phenoxy) is 1. The normalized spacial score (nSPS) is 11.4. The van der Waals surface area contributed by atoms with Crippen LogP contribution in [0.2, 0.25) is 19.1 Å². The number of amides is 1. The molecular weight excluding hydrogens is 398 g/mol. The predicted molar refractivity (Wildman–Crippen MR) is 132 cm³/mol. The van der Waals surface area contributed by atoms with Crippen molar-refractivity contribution >= 4 is 19.2 Å².